The van der Waals surface area contributed by atoms with Crippen molar-refractivity contribution < 1.29 is 32.3 Å². The number of carbonyl (C=O) groups is 2. The zero-order chi connectivity index (χ0) is 30.4. The Balaban J connectivity index is 1.55. The van der Waals surface area contributed by atoms with Crippen LogP contribution in [0.15, 0.2) is 77.4 Å². The van der Waals surface area contributed by atoms with Crippen LogP contribution in [-0.2, 0) is 23.9 Å². The highest BCUT2D eigenvalue weighted by molar-refractivity contribution is 6.06. The fourth-order valence-corrected chi connectivity index (χ4v) is 4.90. The Morgan fingerprint density at radius 1 is 1.02 bits per heavy atom. The van der Waals surface area contributed by atoms with Gasteiger partial charge >= 0.3 is 6.18 Å². The van der Waals surface area contributed by atoms with E-state index in [2.05, 4.69) is 10.6 Å². The molecule has 7 nitrogen and oxygen atoms in total. The standard InChI is InChI=1S/C32H34F3N3O4/c1-4-38(21(3)39)28-16-24(15-26-20(2)19-42-30(26)28)31(41)37-27(14-22-9-6-5-7-10-22)29(40)18-36-17-23-11-8-12-25(13-23)32(33,34)35/h5-13,15-16,19,27,29,36,40H,4,14,17-18H2,1-3H3,(H,37,41)/t27-,29-/m0/s1. The van der Waals surface area contributed by atoms with Gasteiger partial charge in [-0.15, -0.1) is 0 Å². The number of halogens is 3. The van der Waals surface area contributed by atoms with E-state index in [4.69, 9.17) is 4.42 Å². The Labute approximate surface area is 242 Å². The van der Waals surface area contributed by atoms with Gasteiger partial charge in [0.1, 0.15) is 0 Å². The van der Waals surface area contributed by atoms with Crippen molar-refractivity contribution in [1.29, 1.82) is 0 Å². The number of benzene rings is 3. The van der Waals surface area contributed by atoms with Crippen LogP contribution in [-0.4, -0.2) is 42.2 Å². The van der Waals surface area contributed by atoms with Gasteiger partial charge in [-0.25, -0.2) is 0 Å². The Kier molecular flexibility index (Phi) is 9.70. The van der Waals surface area contributed by atoms with Crippen molar-refractivity contribution in [2.45, 2.75) is 52.1 Å². The van der Waals surface area contributed by atoms with Gasteiger partial charge in [0.15, 0.2) is 5.58 Å². The largest absolute Gasteiger partial charge is 0.462 e. The highest BCUT2D eigenvalue weighted by Gasteiger charge is 2.30. The second-order valence-corrected chi connectivity index (χ2v) is 10.2. The van der Waals surface area contributed by atoms with Gasteiger partial charge in [-0.1, -0.05) is 48.5 Å². The lowest BCUT2D eigenvalue weighted by Gasteiger charge is -2.25. The summed E-state index contributed by atoms with van der Waals surface area (Å²) in [6, 6.07) is 16.9. The number of nitrogens with one attached hydrogen (secondary N) is 2. The lowest BCUT2D eigenvalue weighted by atomic mass is 9.99. The molecule has 42 heavy (non-hydrogen) atoms. The van der Waals surface area contributed by atoms with E-state index >= 15 is 0 Å². The van der Waals surface area contributed by atoms with Crippen molar-refractivity contribution in [3.63, 3.8) is 0 Å². The number of anilines is 1. The lowest BCUT2D eigenvalue weighted by Crippen LogP contribution is -2.48. The van der Waals surface area contributed by atoms with E-state index in [1.165, 1.54) is 17.9 Å². The molecule has 0 saturated heterocycles. The van der Waals surface area contributed by atoms with Crippen molar-refractivity contribution in [2.75, 3.05) is 18.0 Å². The summed E-state index contributed by atoms with van der Waals surface area (Å²) < 4.78 is 45.0. The Morgan fingerprint density at radius 2 is 1.74 bits per heavy atom. The molecule has 0 bridgehead atoms. The Bertz CT molecular complexity index is 1540. The molecule has 4 aromatic rings. The molecule has 10 heteroatoms. The van der Waals surface area contributed by atoms with Gasteiger partial charge in [-0.3, -0.25) is 9.59 Å². The number of fused-ring (bicyclic) bond motifs is 1. The predicted octanol–water partition coefficient (Wildman–Crippen LogP) is 5.62. The summed E-state index contributed by atoms with van der Waals surface area (Å²) in [5.41, 5.74) is 2.64. The van der Waals surface area contributed by atoms with Gasteiger partial charge in [0.25, 0.3) is 5.91 Å². The molecule has 1 aromatic heterocycles. The number of aliphatic hydroxyl groups is 1. The molecule has 0 aliphatic carbocycles. The minimum Gasteiger partial charge on any atom is -0.462 e. The number of aryl methyl sites for hydroxylation is 1. The van der Waals surface area contributed by atoms with Crippen LogP contribution in [0.4, 0.5) is 18.9 Å². The van der Waals surface area contributed by atoms with E-state index in [0.29, 0.717) is 40.7 Å². The minimum absolute atomic E-state index is 0.0209. The first-order valence-corrected chi connectivity index (χ1v) is 13.7. The quantitative estimate of drug-likeness (QED) is 0.214. The molecular formula is C32H34F3N3O4. The molecule has 0 unspecified atom stereocenters. The average molecular weight is 582 g/mol. The number of aliphatic hydroxyl groups excluding tert-OH is 1. The lowest BCUT2D eigenvalue weighted by molar-refractivity contribution is -0.137. The summed E-state index contributed by atoms with van der Waals surface area (Å²) in [5, 5.41) is 17.8. The SMILES string of the molecule is CCN(C(C)=O)c1cc(C(=O)N[C@@H](Cc2ccccc2)[C@@H](O)CNCc2cccc(C(F)(F)F)c2)cc2c(C)coc12. The number of furan rings is 1. The van der Waals surface area contributed by atoms with Crippen LogP contribution in [0.2, 0.25) is 0 Å². The molecule has 0 fully saturated rings. The smallest absolute Gasteiger partial charge is 0.416 e. The number of nitrogens with zero attached hydrogens (tertiary/aromatic N) is 1. The molecule has 222 valence electrons. The third-order valence-corrected chi connectivity index (χ3v) is 7.11. The van der Waals surface area contributed by atoms with Gasteiger partial charge in [0.05, 0.1) is 29.7 Å². The van der Waals surface area contributed by atoms with Crippen LogP contribution in [0.3, 0.4) is 0 Å². The number of hydrogen-bond acceptors (Lipinski definition) is 5. The zero-order valence-electron chi connectivity index (χ0n) is 23.7. The van der Waals surface area contributed by atoms with Crippen LogP contribution >= 0.6 is 0 Å². The number of amides is 2. The topological polar surface area (TPSA) is 94.8 Å². The van der Waals surface area contributed by atoms with E-state index < -0.39 is 29.8 Å². The fourth-order valence-electron chi connectivity index (χ4n) is 4.90. The number of rotatable bonds is 11. The summed E-state index contributed by atoms with van der Waals surface area (Å²) in [5.74, 6) is -0.647. The molecule has 4 rings (SSSR count). The maximum atomic E-state index is 13.6. The summed E-state index contributed by atoms with van der Waals surface area (Å²) >= 11 is 0. The number of alkyl halides is 3. The molecule has 2 amide bonds. The molecule has 3 aromatic carbocycles. The summed E-state index contributed by atoms with van der Waals surface area (Å²) in [4.78, 5) is 27.5. The zero-order valence-corrected chi connectivity index (χ0v) is 23.7. The summed E-state index contributed by atoms with van der Waals surface area (Å²) in [7, 11) is 0. The van der Waals surface area contributed by atoms with Gasteiger partial charge in [0.2, 0.25) is 5.91 Å². The first-order valence-electron chi connectivity index (χ1n) is 13.7. The van der Waals surface area contributed by atoms with Crippen LogP contribution in [0.25, 0.3) is 11.0 Å². The van der Waals surface area contributed by atoms with Crippen LogP contribution in [0.1, 0.15) is 46.5 Å². The van der Waals surface area contributed by atoms with Gasteiger partial charge in [-0.05, 0) is 55.2 Å². The maximum Gasteiger partial charge on any atom is 0.416 e. The molecular weight excluding hydrogens is 547 g/mol. The van der Waals surface area contributed by atoms with Gasteiger partial charge < -0.3 is 25.1 Å². The van der Waals surface area contributed by atoms with Crippen LogP contribution < -0.4 is 15.5 Å². The molecule has 1 heterocycles. The Hall–Kier alpha value is -4.15. The monoisotopic (exact) mass is 581 g/mol. The summed E-state index contributed by atoms with van der Waals surface area (Å²) in [6.07, 6.45) is -3.63. The van der Waals surface area contributed by atoms with Crippen molar-refractivity contribution in [3.05, 3.63) is 101 Å². The minimum atomic E-state index is -4.45. The van der Waals surface area contributed by atoms with E-state index in [1.54, 1.807) is 24.5 Å². The second kappa shape index (κ2) is 13.2. The third-order valence-electron chi connectivity index (χ3n) is 7.11. The summed E-state index contributed by atoms with van der Waals surface area (Å²) in [6.45, 7) is 5.62. The van der Waals surface area contributed by atoms with Gasteiger partial charge in [-0.2, -0.15) is 13.2 Å². The first kappa shape index (κ1) is 30.8. The number of carbonyl (C=O) groups excluding carboxylic acids is 2. The fraction of sp³-hybridized carbons (Fsp3) is 0.312. The van der Waals surface area contributed by atoms with Crippen LogP contribution in [0, 0.1) is 6.92 Å². The Morgan fingerprint density at radius 3 is 2.40 bits per heavy atom. The van der Waals surface area contributed by atoms with E-state index in [1.807, 2.05) is 44.2 Å². The van der Waals surface area contributed by atoms with E-state index in [9.17, 15) is 27.9 Å². The highest BCUT2D eigenvalue weighted by Crippen LogP contribution is 2.33. The molecule has 0 saturated carbocycles. The number of hydrogen-bond donors (Lipinski definition) is 3. The van der Waals surface area contributed by atoms with Crippen molar-refractivity contribution >= 4 is 28.5 Å². The molecule has 0 aliphatic heterocycles. The average Bonchev–Trinajstić information content (AvgIpc) is 3.33. The second-order valence-electron chi connectivity index (χ2n) is 10.2. The predicted molar refractivity (Wildman–Crippen MR) is 155 cm³/mol. The van der Waals surface area contributed by atoms with Crippen LogP contribution in [0.5, 0.6) is 0 Å². The normalized spacial score (nSPS) is 13.1. The highest BCUT2D eigenvalue weighted by atomic mass is 19.4. The molecule has 0 aliphatic rings. The van der Waals surface area contributed by atoms with Crippen molar-refractivity contribution in [3.8, 4) is 0 Å². The molecule has 2 atom stereocenters. The first-order chi connectivity index (χ1) is 20.0. The maximum absolute atomic E-state index is 13.6. The third kappa shape index (κ3) is 7.37. The van der Waals surface area contributed by atoms with Crippen molar-refractivity contribution in [2.24, 2.45) is 0 Å². The van der Waals surface area contributed by atoms with Crippen molar-refractivity contribution in [1.82, 2.24) is 10.6 Å². The van der Waals surface area contributed by atoms with E-state index in [0.717, 1.165) is 23.3 Å². The van der Waals surface area contributed by atoms with Gasteiger partial charge in [0, 0.05) is 37.5 Å². The molecule has 0 spiro atoms. The molecule has 3 N–H and O–H groups in total. The van der Waals surface area contributed by atoms with E-state index in [-0.39, 0.29) is 19.0 Å². The molecule has 0 radical (unpaired) electrons.